The minimum absolute atomic E-state index is 0.0445. The minimum atomic E-state index is -3.39. The highest BCUT2D eigenvalue weighted by molar-refractivity contribution is 7.92. The van der Waals surface area contributed by atoms with Crippen LogP contribution in [0.4, 0.5) is 5.69 Å². The quantitative estimate of drug-likeness (QED) is 0.742. The Morgan fingerprint density at radius 2 is 1.77 bits per heavy atom. The van der Waals surface area contributed by atoms with Crippen molar-refractivity contribution in [3.05, 3.63) is 29.8 Å². The monoisotopic (exact) mass is 382 g/mol. The van der Waals surface area contributed by atoms with Gasteiger partial charge in [-0.05, 0) is 56.7 Å². The Morgan fingerprint density at radius 1 is 1.15 bits per heavy atom. The Bertz CT molecular complexity index is 719. The molecule has 0 atom stereocenters. The molecular formula is C20H34N2O3S. The molecule has 26 heavy (non-hydrogen) atoms. The second-order valence-corrected chi connectivity index (χ2v) is 10.9. The van der Waals surface area contributed by atoms with E-state index in [4.69, 9.17) is 0 Å². The molecule has 0 bridgehead atoms. The first kappa shape index (κ1) is 22.5. The molecule has 1 aromatic rings. The fourth-order valence-electron chi connectivity index (χ4n) is 3.46. The van der Waals surface area contributed by atoms with Crippen molar-refractivity contribution >= 4 is 21.6 Å². The van der Waals surface area contributed by atoms with Gasteiger partial charge in [0.1, 0.15) is 0 Å². The lowest BCUT2D eigenvalue weighted by atomic mass is 9.82. The number of nitrogens with one attached hydrogen (secondary N) is 1. The lowest BCUT2D eigenvalue weighted by Gasteiger charge is -2.33. The number of carbonyl (C=O) groups is 1. The van der Waals surface area contributed by atoms with Gasteiger partial charge >= 0.3 is 0 Å². The molecule has 1 aromatic carbocycles. The van der Waals surface area contributed by atoms with Crippen LogP contribution in [-0.4, -0.2) is 32.7 Å². The first-order valence-corrected chi connectivity index (χ1v) is 10.9. The zero-order valence-corrected chi connectivity index (χ0v) is 18.0. The Balaban J connectivity index is 2.67. The summed E-state index contributed by atoms with van der Waals surface area (Å²) >= 11 is 0. The summed E-state index contributed by atoms with van der Waals surface area (Å²) in [5.74, 6) is -0.0445. The van der Waals surface area contributed by atoms with Crippen molar-refractivity contribution in [1.82, 2.24) is 5.32 Å². The first-order chi connectivity index (χ1) is 11.7. The van der Waals surface area contributed by atoms with Gasteiger partial charge in [0.15, 0.2) is 0 Å². The van der Waals surface area contributed by atoms with Crippen LogP contribution in [0.25, 0.3) is 0 Å². The molecule has 0 aliphatic carbocycles. The van der Waals surface area contributed by atoms with E-state index in [0.717, 1.165) is 12.0 Å². The second kappa shape index (κ2) is 8.42. The Kier molecular flexibility index (Phi) is 7.28. The third-order valence-corrected chi connectivity index (χ3v) is 5.10. The average Bonchev–Trinajstić information content (AvgIpc) is 2.38. The van der Waals surface area contributed by atoms with Crippen molar-refractivity contribution in [2.45, 2.75) is 66.3 Å². The number of nitrogens with zero attached hydrogens (tertiary/aromatic N) is 1. The van der Waals surface area contributed by atoms with Crippen molar-refractivity contribution in [2.75, 3.05) is 17.1 Å². The van der Waals surface area contributed by atoms with Gasteiger partial charge in [-0.2, -0.15) is 0 Å². The number of hydrogen-bond donors (Lipinski definition) is 1. The van der Waals surface area contributed by atoms with E-state index in [-0.39, 0.29) is 23.4 Å². The first-order valence-electron chi connectivity index (χ1n) is 9.05. The van der Waals surface area contributed by atoms with Crippen LogP contribution < -0.4 is 9.62 Å². The third-order valence-electron chi connectivity index (χ3n) is 3.91. The summed E-state index contributed by atoms with van der Waals surface area (Å²) in [5, 5.41) is 3.07. The molecular weight excluding hydrogens is 348 g/mol. The largest absolute Gasteiger partial charge is 0.351 e. The summed E-state index contributed by atoms with van der Waals surface area (Å²) < 4.78 is 25.6. The Morgan fingerprint density at radius 3 is 2.27 bits per heavy atom. The Hall–Kier alpha value is -1.56. The van der Waals surface area contributed by atoms with E-state index in [1.165, 1.54) is 10.6 Å². The van der Waals surface area contributed by atoms with Gasteiger partial charge in [0.25, 0.3) is 0 Å². The number of aryl methyl sites for hydroxylation is 1. The maximum atomic E-state index is 12.3. The second-order valence-electron chi connectivity index (χ2n) is 8.95. The van der Waals surface area contributed by atoms with Gasteiger partial charge in [0, 0.05) is 18.5 Å². The van der Waals surface area contributed by atoms with E-state index >= 15 is 0 Å². The molecule has 6 heteroatoms. The van der Waals surface area contributed by atoms with E-state index in [1.54, 1.807) is 6.07 Å². The summed E-state index contributed by atoms with van der Waals surface area (Å²) in [6.45, 7) is 12.7. The molecule has 0 spiro atoms. The van der Waals surface area contributed by atoms with Gasteiger partial charge in [-0.25, -0.2) is 8.42 Å². The predicted octanol–water partition coefficient (Wildman–Crippen LogP) is 3.87. The highest BCUT2D eigenvalue weighted by atomic mass is 32.2. The number of sulfonamides is 1. The molecule has 0 aliphatic rings. The normalized spacial score (nSPS) is 12.7. The predicted molar refractivity (Wildman–Crippen MR) is 109 cm³/mol. The smallest absolute Gasteiger partial charge is 0.232 e. The van der Waals surface area contributed by atoms with Gasteiger partial charge < -0.3 is 5.32 Å². The summed E-state index contributed by atoms with van der Waals surface area (Å²) in [7, 11) is -3.39. The maximum absolute atomic E-state index is 12.3. The van der Waals surface area contributed by atoms with Crippen LogP contribution >= 0.6 is 0 Å². The standard InChI is InChI=1S/C20H34N2O3S/c1-16-10-8-11-17(14-16)22(26(7,24)25)13-9-12-18(23)21-20(5,6)15-19(2,3)4/h8,10-11,14H,9,12-13,15H2,1-7H3,(H,21,23). The molecule has 1 N–H and O–H groups in total. The molecule has 5 nitrogen and oxygen atoms in total. The number of anilines is 1. The summed E-state index contributed by atoms with van der Waals surface area (Å²) in [5.41, 5.74) is 1.47. The van der Waals surface area contributed by atoms with E-state index in [1.807, 2.05) is 39.0 Å². The SMILES string of the molecule is Cc1cccc(N(CCCC(=O)NC(C)(C)CC(C)(C)C)S(C)(=O)=O)c1. The molecule has 0 heterocycles. The summed E-state index contributed by atoms with van der Waals surface area (Å²) in [6.07, 6.45) is 2.83. The highest BCUT2D eigenvalue weighted by Gasteiger charge is 2.27. The molecule has 0 aromatic heterocycles. The number of carbonyl (C=O) groups excluding carboxylic acids is 1. The lowest BCUT2D eigenvalue weighted by Crippen LogP contribution is -2.46. The zero-order valence-electron chi connectivity index (χ0n) is 17.2. The van der Waals surface area contributed by atoms with Crippen molar-refractivity contribution in [1.29, 1.82) is 0 Å². The zero-order chi connectivity index (χ0) is 20.2. The summed E-state index contributed by atoms with van der Waals surface area (Å²) in [6, 6.07) is 7.38. The van der Waals surface area contributed by atoms with Crippen LogP contribution in [0.1, 0.15) is 59.4 Å². The van der Waals surface area contributed by atoms with E-state index in [0.29, 0.717) is 18.5 Å². The molecule has 148 valence electrons. The molecule has 0 radical (unpaired) electrons. The van der Waals surface area contributed by atoms with Crippen molar-refractivity contribution < 1.29 is 13.2 Å². The van der Waals surface area contributed by atoms with Gasteiger partial charge in [-0.15, -0.1) is 0 Å². The van der Waals surface area contributed by atoms with Crippen LogP contribution in [0.2, 0.25) is 0 Å². The Labute approximate surface area is 159 Å². The van der Waals surface area contributed by atoms with Crippen LogP contribution in [-0.2, 0) is 14.8 Å². The van der Waals surface area contributed by atoms with Gasteiger partial charge in [0.2, 0.25) is 15.9 Å². The molecule has 0 unspecified atom stereocenters. The summed E-state index contributed by atoms with van der Waals surface area (Å²) in [4.78, 5) is 12.3. The van der Waals surface area contributed by atoms with Gasteiger partial charge in [0.05, 0.1) is 11.9 Å². The maximum Gasteiger partial charge on any atom is 0.232 e. The van der Waals surface area contributed by atoms with Gasteiger partial charge in [-0.1, -0.05) is 32.9 Å². The van der Waals surface area contributed by atoms with Crippen molar-refractivity contribution in [2.24, 2.45) is 5.41 Å². The molecule has 0 fully saturated rings. The topological polar surface area (TPSA) is 66.5 Å². The van der Waals surface area contributed by atoms with E-state index in [9.17, 15) is 13.2 Å². The van der Waals surface area contributed by atoms with Crippen LogP contribution in [0.3, 0.4) is 0 Å². The fourth-order valence-corrected chi connectivity index (χ4v) is 4.42. The van der Waals surface area contributed by atoms with Crippen LogP contribution in [0.5, 0.6) is 0 Å². The number of benzene rings is 1. The molecule has 0 saturated heterocycles. The molecule has 0 saturated carbocycles. The number of amides is 1. The van der Waals surface area contributed by atoms with Crippen LogP contribution in [0.15, 0.2) is 24.3 Å². The van der Waals surface area contributed by atoms with Gasteiger partial charge in [-0.3, -0.25) is 9.10 Å². The number of hydrogen-bond acceptors (Lipinski definition) is 3. The molecule has 1 amide bonds. The van der Waals surface area contributed by atoms with E-state index < -0.39 is 10.0 Å². The fraction of sp³-hybridized carbons (Fsp3) is 0.650. The van der Waals surface area contributed by atoms with Crippen molar-refractivity contribution in [3.8, 4) is 0 Å². The third kappa shape index (κ3) is 8.21. The molecule has 1 rings (SSSR count). The van der Waals surface area contributed by atoms with E-state index in [2.05, 4.69) is 26.1 Å². The van der Waals surface area contributed by atoms with Crippen molar-refractivity contribution in [3.63, 3.8) is 0 Å². The average molecular weight is 383 g/mol. The van der Waals surface area contributed by atoms with Crippen LogP contribution in [0, 0.1) is 12.3 Å². The minimum Gasteiger partial charge on any atom is -0.351 e. The number of rotatable bonds is 8. The highest BCUT2D eigenvalue weighted by Crippen LogP contribution is 2.27. The lowest BCUT2D eigenvalue weighted by molar-refractivity contribution is -0.123. The molecule has 0 aliphatic heterocycles.